The van der Waals surface area contributed by atoms with Crippen LogP contribution in [0.1, 0.15) is 11.5 Å². The second-order valence-electron chi connectivity index (χ2n) is 4.71. The van der Waals surface area contributed by atoms with E-state index in [1.54, 1.807) is 30.7 Å². The molecule has 0 aliphatic heterocycles. The van der Waals surface area contributed by atoms with Gasteiger partial charge in [0.2, 0.25) is 11.1 Å². The lowest BCUT2D eigenvalue weighted by Gasteiger charge is -2.04. The summed E-state index contributed by atoms with van der Waals surface area (Å²) in [7, 11) is 0. The van der Waals surface area contributed by atoms with Crippen LogP contribution in [-0.2, 0) is 11.3 Å². The Hall–Kier alpha value is -2.68. The van der Waals surface area contributed by atoms with Gasteiger partial charge in [0.05, 0.1) is 30.4 Å². The van der Waals surface area contributed by atoms with Gasteiger partial charge in [-0.3, -0.25) is 4.79 Å². The number of carbonyl (C=O) groups is 1. The van der Waals surface area contributed by atoms with Gasteiger partial charge < -0.3 is 20.0 Å². The molecule has 0 saturated heterocycles. The van der Waals surface area contributed by atoms with E-state index in [0.717, 1.165) is 5.56 Å². The molecule has 0 aliphatic carbocycles. The number of aryl methyl sites for hydroxylation is 1. The molecular formula is C14H15N5O3S. The van der Waals surface area contributed by atoms with Crippen molar-refractivity contribution in [2.24, 2.45) is 0 Å². The number of amides is 1. The zero-order valence-corrected chi connectivity index (χ0v) is 13.2. The highest BCUT2D eigenvalue weighted by Gasteiger charge is 2.16. The molecule has 120 valence electrons. The Morgan fingerprint density at radius 1 is 1.35 bits per heavy atom. The summed E-state index contributed by atoms with van der Waals surface area (Å²) in [6.07, 6.45) is 3.13. The van der Waals surface area contributed by atoms with E-state index in [1.807, 2.05) is 6.92 Å². The normalized spacial score (nSPS) is 10.8. The molecule has 0 unspecified atom stereocenters. The van der Waals surface area contributed by atoms with Gasteiger partial charge in [-0.2, -0.15) is 0 Å². The van der Waals surface area contributed by atoms with Gasteiger partial charge in [0.25, 0.3) is 0 Å². The van der Waals surface area contributed by atoms with Crippen molar-refractivity contribution in [3.8, 4) is 11.4 Å². The maximum atomic E-state index is 11.8. The first-order valence-corrected chi connectivity index (χ1v) is 7.80. The minimum atomic E-state index is -0.143. The number of thioether (sulfide) groups is 1. The maximum absolute atomic E-state index is 11.8. The van der Waals surface area contributed by atoms with Crippen LogP contribution < -0.4 is 11.2 Å². The number of hydrogen-bond donors (Lipinski definition) is 2. The number of carbonyl (C=O) groups excluding carboxylic acids is 1. The van der Waals surface area contributed by atoms with Gasteiger partial charge in [0.1, 0.15) is 11.5 Å². The number of nitrogens with one attached hydrogen (secondary N) is 1. The molecule has 0 atom stereocenters. The van der Waals surface area contributed by atoms with Gasteiger partial charge in [-0.25, -0.2) is 4.68 Å². The summed E-state index contributed by atoms with van der Waals surface area (Å²) in [5, 5.41) is 11.3. The summed E-state index contributed by atoms with van der Waals surface area (Å²) in [5.74, 6) is 7.92. The van der Waals surface area contributed by atoms with Gasteiger partial charge >= 0.3 is 0 Å². The number of rotatable bonds is 6. The van der Waals surface area contributed by atoms with Gasteiger partial charge in [0, 0.05) is 0 Å². The third kappa shape index (κ3) is 3.39. The standard InChI is InChI=1S/C14H15N5O3S/c1-9-11(4-6-21-9)13-17-18-14(19(13)15)23-8-12(20)16-7-10-3-2-5-22-10/h2-6H,7-8,15H2,1H3,(H,16,20). The summed E-state index contributed by atoms with van der Waals surface area (Å²) < 4.78 is 11.7. The lowest BCUT2D eigenvalue weighted by molar-refractivity contribution is -0.118. The average Bonchev–Trinajstić information content (AvgIpc) is 3.25. The molecular weight excluding hydrogens is 318 g/mol. The van der Waals surface area contributed by atoms with Crippen LogP contribution in [0, 0.1) is 6.92 Å². The molecule has 0 spiro atoms. The summed E-state index contributed by atoms with van der Waals surface area (Å²) in [4.78, 5) is 11.8. The highest BCUT2D eigenvalue weighted by molar-refractivity contribution is 7.99. The van der Waals surface area contributed by atoms with Crippen molar-refractivity contribution in [1.29, 1.82) is 0 Å². The molecule has 3 heterocycles. The first-order chi connectivity index (χ1) is 11.1. The van der Waals surface area contributed by atoms with Gasteiger partial charge in [0.15, 0.2) is 5.82 Å². The first kappa shape index (κ1) is 15.2. The van der Waals surface area contributed by atoms with Crippen LogP contribution in [0.4, 0.5) is 0 Å². The Balaban J connectivity index is 1.57. The van der Waals surface area contributed by atoms with Crippen molar-refractivity contribution in [2.75, 3.05) is 11.6 Å². The number of nitrogens with two attached hydrogens (primary N) is 1. The van der Waals surface area contributed by atoms with Crippen LogP contribution in [0.3, 0.4) is 0 Å². The number of furan rings is 2. The SMILES string of the molecule is Cc1occc1-c1nnc(SCC(=O)NCc2ccco2)n1N. The van der Waals surface area contributed by atoms with Gasteiger partial charge in [-0.1, -0.05) is 11.8 Å². The van der Waals surface area contributed by atoms with E-state index in [2.05, 4.69) is 15.5 Å². The highest BCUT2D eigenvalue weighted by atomic mass is 32.2. The summed E-state index contributed by atoms with van der Waals surface area (Å²) in [6.45, 7) is 2.17. The van der Waals surface area contributed by atoms with Crippen LogP contribution in [0.2, 0.25) is 0 Å². The van der Waals surface area contributed by atoms with Crippen molar-refractivity contribution in [1.82, 2.24) is 20.2 Å². The van der Waals surface area contributed by atoms with Crippen LogP contribution in [-0.4, -0.2) is 26.5 Å². The molecule has 0 bridgehead atoms. The van der Waals surface area contributed by atoms with E-state index >= 15 is 0 Å². The average molecular weight is 333 g/mol. The zero-order valence-electron chi connectivity index (χ0n) is 12.4. The molecule has 0 radical (unpaired) electrons. The quantitative estimate of drug-likeness (QED) is 0.520. The summed E-state index contributed by atoms with van der Waals surface area (Å²) in [5.41, 5.74) is 0.772. The van der Waals surface area contributed by atoms with Crippen LogP contribution in [0.15, 0.2) is 44.7 Å². The predicted molar refractivity (Wildman–Crippen MR) is 83.9 cm³/mol. The lowest BCUT2D eigenvalue weighted by Crippen LogP contribution is -2.24. The molecule has 0 aliphatic rings. The Kier molecular flexibility index (Phi) is 4.38. The van der Waals surface area contributed by atoms with Crippen LogP contribution in [0.25, 0.3) is 11.4 Å². The van der Waals surface area contributed by atoms with Crippen LogP contribution in [0.5, 0.6) is 0 Å². The molecule has 0 aromatic carbocycles. The molecule has 0 fully saturated rings. The molecule has 8 nitrogen and oxygen atoms in total. The third-order valence-electron chi connectivity index (χ3n) is 3.14. The molecule has 1 amide bonds. The fourth-order valence-corrected chi connectivity index (χ4v) is 2.64. The topological polar surface area (TPSA) is 112 Å². The fraction of sp³-hybridized carbons (Fsp3) is 0.214. The minimum absolute atomic E-state index is 0.143. The lowest BCUT2D eigenvalue weighted by atomic mass is 10.2. The Morgan fingerprint density at radius 2 is 2.22 bits per heavy atom. The summed E-state index contributed by atoms with van der Waals surface area (Å²) in [6, 6.07) is 5.34. The van der Waals surface area contributed by atoms with Gasteiger partial charge in [-0.15, -0.1) is 10.2 Å². The molecule has 23 heavy (non-hydrogen) atoms. The van der Waals surface area contributed by atoms with E-state index < -0.39 is 0 Å². The number of nitrogen functional groups attached to an aromatic ring is 1. The molecule has 9 heteroatoms. The molecule has 0 saturated carbocycles. The van der Waals surface area contributed by atoms with E-state index in [-0.39, 0.29) is 11.7 Å². The van der Waals surface area contributed by atoms with E-state index in [4.69, 9.17) is 14.7 Å². The molecule has 3 rings (SSSR count). The van der Waals surface area contributed by atoms with Gasteiger partial charge in [-0.05, 0) is 25.1 Å². The Bertz CT molecular complexity index is 793. The van der Waals surface area contributed by atoms with Crippen LogP contribution >= 0.6 is 11.8 Å². The number of aromatic nitrogens is 3. The molecule has 3 N–H and O–H groups in total. The van der Waals surface area contributed by atoms with Crippen molar-refractivity contribution in [3.63, 3.8) is 0 Å². The second kappa shape index (κ2) is 6.61. The third-order valence-corrected chi connectivity index (χ3v) is 4.08. The largest absolute Gasteiger partial charge is 0.469 e. The maximum Gasteiger partial charge on any atom is 0.230 e. The van der Waals surface area contributed by atoms with E-state index in [1.165, 1.54) is 16.4 Å². The zero-order chi connectivity index (χ0) is 16.2. The van der Waals surface area contributed by atoms with Crippen molar-refractivity contribution >= 4 is 17.7 Å². The predicted octanol–water partition coefficient (Wildman–Crippen LogP) is 1.56. The highest BCUT2D eigenvalue weighted by Crippen LogP contribution is 2.24. The fourth-order valence-electron chi connectivity index (χ4n) is 1.96. The van der Waals surface area contributed by atoms with Crippen molar-refractivity contribution in [3.05, 3.63) is 42.2 Å². The second-order valence-corrected chi connectivity index (χ2v) is 5.65. The Morgan fingerprint density at radius 3 is 2.91 bits per heavy atom. The number of hydrogen-bond acceptors (Lipinski definition) is 7. The molecule has 3 aromatic heterocycles. The minimum Gasteiger partial charge on any atom is -0.469 e. The molecule has 3 aromatic rings. The number of nitrogens with zero attached hydrogens (tertiary/aromatic N) is 3. The van der Waals surface area contributed by atoms with E-state index in [9.17, 15) is 4.79 Å². The monoisotopic (exact) mass is 333 g/mol. The van der Waals surface area contributed by atoms with E-state index in [0.29, 0.717) is 29.0 Å². The first-order valence-electron chi connectivity index (χ1n) is 6.82. The smallest absolute Gasteiger partial charge is 0.230 e. The summed E-state index contributed by atoms with van der Waals surface area (Å²) >= 11 is 1.21. The Labute approximate surface area is 136 Å². The van der Waals surface area contributed by atoms with Crippen molar-refractivity contribution < 1.29 is 13.6 Å². The van der Waals surface area contributed by atoms with Crippen molar-refractivity contribution in [2.45, 2.75) is 18.6 Å².